The second-order valence-electron chi connectivity index (χ2n) is 3.71. The van der Waals surface area contributed by atoms with E-state index < -0.39 is 0 Å². The van der Waals surface area contributed by atoms with Crippen molar-refractivity contribution < 1.29 is 4.39 Å². The van der Waals surface area contributed by atoms with Gasteiger partial charge >= 0.3 is 0 Å². The summed E-state index contributed by atoms with van der Waals surface area (Å²) in [5.74, 6) is 0.385. The van der Waals surface area contributed by atoms with E-state index in [1.807, 2.05) is 6.07 Å². The summed E-state index contributed by atoms with van der Waals surface area (Å²) < 4.78 is 14.0. The molecule has 18 heavy (non-hydrogen) atoms. The Balaban J connectivity index is 2.16. The zero-order valence-corrected chi connectivity index (χ0v) is 12.4. The van der Waals surface area contributed by atoms with Crippen LogP contribution in [0.1, 0.15) is 5.56 Å². The molecule has 2 aromatic carbocycles. The average molecular weight is 347 g/mol. The highest BCUT2D eigenvalue weighted by Gasteiger charge is 2.05. The summed E-state index contributed by atoms with van der Waals surface area (Å²) in [7, 11) is 0. The maximum Gasteiger partial charge on any atom is 0.123 e. The summed E-state index contributed by atoms with van der Waals surface area (Å²) in [6, 6.07) is 9.97. The van der Waals surface area contributed by atoms with Crippen molar-refractivity contribution in [1.82, 2.24) is 0 Å². The van der Waals surface area contributed by atoms with Crippen molar-refractivity contribution in [2.45, 2.75) is 10.6 Å². The van der Waals surface area contributed by atoms with Crippen LogP contribution < -0.4 is 5.73 Å². The van der Waals surface area contributed by atoms with Crippen LogP contribution in [0.25, 0.3) is 0 Å². The molecule has 0 aromatic heterocycles. The van der Waals surface area contributed by atoms with Gasteiger partial charge in [-0.25, -0.2) is 4.39 Å². The lowest BCUT2D eigenvalue weighted by molar-refractivity contribution is 0.626. The van der Waals surface area contributed by atoms with Crippen LogP contribution in [0.3, 0.4) is 0 Å². The molecular formula is C13H10BrClFNS. The predicted molar refractivity (Wildman–Crippen MR) is 79.5 cm³/mol. The van der Waals surface area contributed by atoms with Gasteiger partial charge in [-0.05, 0) is 42.0 Å². The fraction of sp³-hybridized carbons (Fsp3) is 0.0769. The Bertz CT molecular complexity index is 525. The highest BCUT2D eigenvalue weighted by Crippen LogP contribution is 2.32. The lowest BCUT2D eigenvalue weighted by Gasteiger charge is -2.07. The van der Waals surface area contributed by atoms with Crippen LogP contribution in [0.4, 0.5) is 10.1 Å². The van der Waals surface area contributed by atoms with Crippen molar-refractivity contribution >= 4 is 45.0 Å². The fourth-order valence-corrected chi connectivity index (χ4v) is 3.25. The van der Waals surface area contributed by atoms with Crippen LogP contribution in [0, 0.1) is 5.82 Å². The summed E-state index contributed by atoms with van der Waals surface area (Å²) in [6.07, 6.45) is 0. The van der Waals surface area contributed by atoms with Gasteiger partial charge < -0.3 is 5.73 Å². The Morgan fingerprint density at radius 1 is 1.22 bits per heavy atom. The van der Waals surface area contributed by atoms with Gasteiger partial charge in [-0.3, -0.25) is 0 Å². The van der Waals surface area contributed by atoms with Crippen molar-refractivity contribution in [3.8, 4) is 0 Å². The molecule has 2 rings (SSSR count). The third-order valence-electron chi connectivity index (χ3n) is 2.37. The van der Waals surface area contributed by atoms with Crippen LogP contribution in [-0.4, -0.2) is 0 Å². The summed E-state index contributed by atoms with van der Waals surface area (Å²) in [5, 5.41) is 0.644. The molecule has 2 aromatic rings. The average Bonchev–Trinajstić information content (AvgIpc) is 2.34. The molecule has 94 valence electrons. The Hall–Kier alpha value is -0.710. The molecule has 0 unspecified atom stereocenters. The van der Waals surface area contributed by atoms with Crippen LogP contribution in [0.5, 0.6) is 0 Å². The predicted octanol–water partition coefficient (Wildman–Crippen LogP) is 5.12. The molecule has 0 atom stereocenters. The SMILES string of the molecule is Nc1ccc(Cl)cc1SCc1cc(F)ccc1Br. The number of benzene rings is 2. The smallest absolute Gasteiger partial charge is 0.123 e. The molecule has 0 amide bonds. The number of nitrogens with two attached hydrogens (primary N) is 1. The number of hydrogen-bond donors (Lipinski definition) is 1. The van der Waals surface area contributed by atoms with Crippen LogP contribution in [0.15, 0.2) is 45.8 Å². The Kier molecular flexibility index (Phi) is 4.54. The molecule has 2 N–H and O–H groups in total. The van der Waals surface area contributed by atoms with Gasteiger partial charge in [-0.15, -0.1) is 11.8 Å². The highest BCUT2D eigenvalue weighted by molar-refractivity contribution is 9.10. The molecule has 0 aliphatic heterocycles. The molecule has 0 spiro atoms. The Morgan fingerprint density at radius 3 is 2.78 bits per heavy atom. The quantitative estimate of drug-likeness (QED) is 0.617. The summed E-state index contributed by atoms with van der Waals surface area (Å²) in [5.41, 5.74) is 7.42. The van der Waals surface area contributed by atoms with Gasteiger partial charge in [0.15, 0.2) is 0 Å². The van der Waals surface area contributed by atoms with E-state index in [9.17, 15) is 4.39 Å². The van der Waals surface area contributed by atoms with E-state index in [2.05, 4.69) is 15.9 Å². The number of halogens is 3. The Labute approximate surface area is 123 Å². The zero-order valence-electron chi connectivity index (χ0n) is 9.29. The van der Waals surface area contributed by atoms with Gasteiger partial charge in [-0.1, -0.05) is 27.5 Å². The van der Waals surface area contributed by atoms with Crippen molar-refractivity contribution in [2.24, 2.45) is 0 Å². The standard InChI is InChI=1S/C13H10BrClFNS/c14-11-3-2-10(16)5-8(11)7-18-13-6-9(15)1-4-12(13)17/h1-6H,7,17H2. The summed E-state index contributed by atoms with van der Waals surface area (Å²) in [4.78, 5) is 0.902. The van der Waals surface area contributed by atoms with Crippen LogP contribution in [-0.2, 0) is 5.75 Å². The topological polar surface area (TPSA) is 26.0 Å². The number of anilines is 1. The largest absolute Gasteiger partial charge is 0.398 e. The van der Waals surface area contributed by atoms with Gasteiger partial charge in [0.1, 0.15) is 5.82 Å². The van der Waals surface area contributed by atoms with E-state index in [1.165, 1.54) is 23.9 Å². The highest BCUT2D eigenvalue weighted by atomic mass is 79.9. The zero-order chi connectivity index (χ0) is 13.1. The van der Waals surface area contributed by atoms with Gasteiger partial charge in [0.2, 0.25) is 0 Å². The van der Waals surface area contributed by atoms with Gasteiger partial charge in [0, 0.05) is 25.8 Å². The number of nitrogen functional groups attached to an aromatic ring is 1. The molecule has 0 aliphatic rings. The monoisotopic (exact) mass is 345 g/mol. The van der Waals surface area contributed by atoms with E-state index in [1.54, 1.807) is 18.2 Å². The number of thioether (sulfide) groups is 1. The van der Waals surface area contributed by atoms with E-state index in [-0.39, 0.29) is 5.82 Å². The summed E-state index contributed by atoms with van der Waals surface area (Å²) >= 11 is 10.8. The minimum absolute atomic E-state index is 0.243. The second kappa shape index (κ2) is 5.95. The van der Waals surface area contributed by atoms with Crippen LogP contribution in [0.2, 0.25) is 5.02 Å². The first-order valence-electron chi connectivity index (χ1n) is 5.18. The van der Waals surface area contributed by atoms with Crippen LogP contribution >= 0.6 is 39.3 Å². The van der Waals surface area contributed by atoms with E-state index >= 15 is 0 Å². The second-order valence-corrected chi connectivity index (χ2v) is 6.01. The van der Waals surface area contributed by atoms with Crippen molar-refractivity contribution in [2.75, 3.05) is 5.73 Å². The van der Waals surface area contributed by atoms with E-state index in [0.29, 0.717) is 16.5 Å². The van der Waals surface area contributed by atoms with Crippen molar-refractivity contribution in [3.63, 3.8) is 0 Å². The first-order chi connectivity index (χ1) is 8.56. The number of rotatable bonds is 3. The maximum atomic E-state index is 13.1. The Morgan fingerprint density at radius 2 is 2.00 bits per heavy atom. The third kappa shape index (κ3) is 3.40. The van der Waals surface area contributed by atoms with Gasteiger partial charge in [-0.2, -0.15) is 0 Å². The van der Waals surface area contributed by atoms with Gasteiger partial charge in [0.25, 0.3) is 0 Å². The van der Waals surface area contributed by atoms with Crippen molar-refractivity contribution in [1.29, 1.82) is 0 Å². The molecule has 0 fully saturated rings. The normalized spacial score (nSPS) is 10.6. The lowest BCUT2D eigenvalue weighted by Crippen LogP contribution is -1.90. The molecule has 0 heterocycles. The van der Waals surface area contributed by atoms with Gasteiger partial charge in [0.05, 0.1) is 0 Å². The molecule has 0 saturated heterocycles. The first kappa shape index (κ1) is 13.7. The maximum absolute atomic E-state index is 13.1. The van der Waals surface area contributed by atoms with E-state index in [0.717, 1.165) is 14.9 Å². The molecule has 0 aliphatic carbocycles. The molecule has 5 heteroatoms. The van der Waals surface area contributed by atoms with Crippen molar-refractivity contribution in [3.05, 3.63) is 57.3 Å². The lowest BCUT2D eigenvalue weighted by atomic mass is 10.2. The molecule has 1 nitrogen and oxygen atoms in total. The summed E-state index contributed by atoms with van der Waals surface area (Å²) in [6.45, 7) is 0. The minimum Gasteiger partial charge on any atom is -0.398 e. The third-order valence-corrected chi connectivity index (χ3v) is 4.50. The minimum atomic E-state index is -0.243. The fourth-order valence-electron chi connectivity index (χ4n) is 1.44. The van der Waals surface area contributed by atoms with E-state index in [4.69, 9.17) is 17.3 Å². The first-order valence-corrected chi connectivity index (χ1v) is 7.33. The molecule has 0 saturated carbocycles. The molecule has 0 radical (unpaired) electrons. The molecule has 0 bridgehead atoms. The molecular weight excluding hydrogens is 337 g/mol. The number of hydrogen-bond acceptors (Lipinski definition) is 2.